The van der Waals surface area contributed by atoms with Crippen molar-refractivity contribution in [1.29, 1.82) is 0 Å². The molecule has 0 amide bonds. The minimum Gasteiger partial charge on any atom is -0.359 e. The van der Waals surface area contributed by atoms with Gasteiger partial charge in [-0.15, -0.1) is 0 Å². The Morgan fingerprint density at radius 2 is 2.00 bits per heavy atom. The Balaban J connectivity index is 1.40. The second kappa shape index (κ2) is 8.23. The number of hydrogen-bond donors (Lipinski definition) is 0. The zero-order chi connectivity index (χ0) is 17.6. The maximum atomic E-state index is 5.61. The molecule has 1 saturated heterocycles. The Labute approximate surface area is 154 Å². The van der Waals surface area contributed by atoms with Crippen LogP contribution in [0.4, 0.5) is 0 Å². The van der Waals surface area contributed by atoms with Crippen molar-refractivity contribution in [2.45, 2.75) is 44.7 Å². The van der Waals surface area contributed by atoms with Crippen molar-refractivity contribution in [1.82, 2.24) is 20.0 Å². The van der Waals surface area contributed by atoms with Gasteiger partial charge in [0.25, 0.3) is 0 Å². The van der Waals surface area contributed by atoms with Crippen LogP contribution in [-0.2, 0) is 13.0 Å². The molecule has 0 aromatic carbocycles. The molecule has 26 heavy (non-hydrogen) atoms. The third-order valence-corrected chi connectivity index (χ3v) is 5.10. The number of hydrogen-bond acceptors (Lipinski definition) is 5. The highest BCUT2D eigenvalue weighted by Gasteiger charge is 2.23. The quantitative estimate of drug-likeness (QED) is 0.671. The van der Waals surface area contributed by atoms with Crippen LogP contribution >= 0.6 is 0 Å². The van der Waals surface area contributed by atoms with Crippen molar-refractivity contribution >= 4 is 0 Å². The molecule has 5 nitrogen and oxygen atoms in total. The lowest BCUT2D eigenvalue weighted by Crippen LogP contribution is -2.39. The van der Waals surface area contributed by atoms with Crippen molar-refractivity contribution in [2.24, 2.45) is 0 Å². The van der Waals surface area contributed by atoms with Crippen molar-refractivity contribution in [3.63, 3.8) is 0 Å². The predicted octanol–water partition coefficient (Wildman–Crippen LogP) is 4.12. The van der Waals surface area contributed by atoms with Crippen molar-refractivity contribution in [3.8, 4) is 11.3 Å². The summed E-state index contributed by atoms with van der Waals surface area (Å²) in [7, 11) is 0. The molecule has 4 rings (SSSR count). The molecule has 1 atom stereocenters. The second-order valence-corrected chi connectivity index (χ2v) is 6.89. The van der Waals surface area contributed by atoms with Crippen LogP contribution < -0.4 is 0 Å². The predicted molar refractivity (Wildman–Crippen MR) is 100 cm³/mol. The number of aryl methyl sites for hydroxylation is 1. The van der Waals surface area contributed by atoms with E-state index in [0.717, 1.165) is 42.9 Å². The molecule has 0 bridgehead atoms. The first-order valence-electron chi connectivity index (χ1n) is 9.38. The van der Waals surface area contributed by atoms with E-state index in [1.54, 1.807) is 12.4 Å². The van der Waals surface area contributed by atoms with Crippen LogP contribution in [0, 0.1) is 0 Å². The number of piperidine rings is 1. The first kappa shape index (κ1) is 16.9. The molecular weight excluding hydrogens is 324 g/mol. The van der Waals surface area contributed by atoms with Crippen LogP contribution in [0.1, 0.15) is 37.1 Å². The van der Waals surface area contributed by atoms with Gasteiger partial charge in [-0.1, -0.05) is 17.6 Å². The Morgan fingerprint density at radius 1 is 1.08 bits per heavy atom. The highest BCUT2D eigenvalue weighted by molar-refractivity contribution is 5.57. The van der Waals surface area contributed by atoms with Gasteiger partial charge in [0.05, 0.1) is 6.54 Å². The van der Waals surface area contributed by atoms with Crippen molar-refractivity contribution < 1.29 is 4.52 Å². The number of pyridine rings is 2. The minimum absolute atomic E-state index is 0.584. The first-order valence-corrected chi connectivity index (χ1v) is 9.38. The standard InChI is InChI=1S/C21H24N4O/c1-3-11-23-18(5-1)7-8-19-6-2-4-14-25(19)16-20-15-21(24-26-20)17-9-12-22-13-10-17/h1,3,5,9-13,15,19H,2,4,6-8,14,16H2/t19-/m1/s1. The highest BCUT2D eigenvalue weighted by atomic mass is 16.5. The Kier molecular flexibility index (Phi) is 5.36. The summed E-state index contributed by atoms with van der Waals surface area (Å²) in [6.45, 7) is 1.95. The van der Waals surface area contributed by atoms with E-state index in [9.17, 15) is 0 Å². The van der Waals surface area contributed by atoms with Crippen molar-refractivity contribution in [3.05, 3.63) is 66.4 Å². The van der Waals surface area contributed by atoms with E-state index in [1.165, 1.54) is 25.0 Å². The average molecular weight is 348 g/mol. The topological polar surface area (TPSA) is 55.1 Å². The van der Waals surface area contributed by atoms with Gasteiger partial charge in [-0.3, -0.25) is 14.9 Å². The van der Waals surface area contributed by atoms with Crippen LogP contribution in [0.25, 0.3) is 11.3 Å². The molecular formula is C21H24N4O. The number of likely N-dealkylation sites (tertiary alicyclic amines) is 1. The van der Waals surface area contributed by atoms with E-state index >= 15 is 0 Å². The fourth-order valence-electron chi connectivity index (χ4n) is 3.70. The number of rotatable bonds is 6. The van der Waals surface area contributed by atoms with E-state index in [1.807, 2.05) is 24.4 Å². The fourth-order valence-corrected chi connectivity index (χ4v) is 3.70. The zero-order valence-electron chi connectivity index (χ0n) is 14.9. The SMILES string of the molecule is c1ccc(CC[C@H]2CCCCN2Cc2cc(-c3ccncc3)no2)nc1. The van der Waals surface area contributed by atoms with Gasteiger partial charge in [-0.2, -0.15) is 0 Å². The summed E-state index contributed by atoms with van der Waals surface area (Å²) in [6, 6.07) is 12.7. The third-order valence-electron chi connectivity index (χ3n) is 5.10. The van der Waals surface area contributed by atoms with E-state index in [2.05, 4.69) is 38.2 Å². The van der Waals surface area contributed by atoms with Gasteiger partial charge in [0, 0.05) is 42.0 Å². The van der Waals surface area contributed by atoms with Gasteiger partial charge in [-0.05, 0) is 56.5 Å². The highest BCUT2D eigenvalue weighted by Crippen LogP contribution is 2.25. The summed E-state index contributed by atoms with van der Waals surface area (Å²) in [6.07, 6.45) is 11.4. The molecule has 3 aromatic heterocycles. The van der Waals surface area contributed by atoms with Gasteiger partial charge in [0.2, 0.25) is 0 Å². The molecule has 0 spiro atoms. The molecule has 0 aliphatic carbocycles. The van der Waals surface area contributed by atoms with Crippen LogP contribution in [0.3, 0.4) is 0 Å². The molecule has 1 aliphatic heterocycles. The van der Waals surface area contributed by atoms with Crippen LogP contribution in [0.5, 0.6) is 0 Å². The van der Waals surface area contributed by atoms with E-state index in [4.69, 9.17) is 4.52 Å². The van der Waals surface area contributed by atoms with Gasteiger partial charge in [0.15, 0.2) is 5.76 Å². The first-order chi connectivity index (χ1) is 12.9. The maximum Gasteiger partial charge on any atom is 0.151 e. The van der Waals surface area contributed by atoms with Crippen molar-refractivity contribution in [2.75, 3.05) is 6.54 Å². The Morgan fingerprint density at radius 3 is 2.85 bits per heavy atom. The molecule has 0 unspecified atom stereocenters. The molecule has 5 heteroatoms. The molecule has 134 valence electrons. The van der Waals surface area contributed by atoms with Gasteiger partial charge >= 0.3 is 0 Å². The number of aromatic nitrogens is 3. The Hall–Kier alpha value is -2.53. The fraction of sp³-hybridized carbons (Fsp3) is 0.381. The molecule has 0 saturated carbocycles. The molecule has 1 fully saturated rings. The molecule has 3 aromatic rings. The lowest BCUT2D eigenvalue weighted by atomic mass is 9.97. The third kappa shape index (κ3) is 4.17. The molecule has 0 N–H and O–H groups in total. The van der Waals surface area contributed by atoms with E-state index < -0.39 is 0 Å². The van der Waals surface area contributed by atoms with Crippen LogP contribution in [0.2, 0.25) is 0 Å². The lowest BCUT2D eigenvalue weighted by Gasteiger charge is -2.35. The normalized spacial score (nSPS) is 18.1. The van der Waals surface area contributed by atoms with Crippen LogP contribution in [-0.4, -0.2) is 32.6 Å². The summed E-state index contributed by atoms with van der Waals surface area (Å²) < 4.78 is 5.61. The summed E-state index contributed by atoms with van der Waals surface area (Å²) in [5.74, 6) is 0.932. The van der Waals surface area contributed by atoms with E-state index in [-0.39, 0.29) is 0 Å². The summed E-state index contributed by atoms with van der Waals surface area (Å²) in [5, 5.41) is 4.23. The monoisotopic (exact) mass is 348 g/mol. The minimum atomic E-state index is 0.584. The van der Waals surface area contributed by atoms with Gasteiger partial charge in [0.1, 0.15) is 5.69 Å². The lowest BCUT2D eigenvalue weighted by molar-refractivity contribution is 0.119. The van der Waals surface area contributed by atoms with E-state index in [0.29, 0.717) is 6.04 Å². The molecule has 1 aliphatic rings. The maximum absolute atomic E-state index is 5.61. The smallest absolute Gasteiger partial charge is 0.151 e. The second-order valence-electron chi connectivity index (χ2n) is 6.89. The summed E-state index contributed by atoms with van der Waals surface area (Å²) in [4.78, 5) is 11.1. The summed E-state index contributed by atoms with van der Waals surface area (Å²) >= 11 is 0. The summed E-state index contributed by atoms with van der Waals surface area (Å²) in [5.41, 5.74) is 3.10. The molecule has 0 radical (unpaired) electrons. The average Bonchev–Trinajstić information content (AvgIpc) is 3.17. The van der Waals surface area contributed by atoms with Gasteiger partial charge in [-0.25, -0.2) is 0 Å². The zero-order valence-corrected chi connectivity index (χ0v) is 14.9. The Bertz CT molecular complexity index is 803. The van der Waals surface area contributed by atoms with Gasteiger partial charge < -0.3 is 4.52 Å². The van der Waals surface area contributed by atoms with Crippen LogP contribution in [0.15, 0.2) is 59.5 Å². The number of nitrogens with zero attached hydrogens (tertiary/aromatic N) is 4. The molecule has 4 heterocycles. The largest absolute Gasteiger partial charge is 0.359 e.